The summed E-state index contributed by atoms with van der Waals surface area (Å²) in [4.78, 5) is 27.0. The lowest BCUT2D eigenvalue weighted by Crippen LogP contribution is -2.30. The van der Waals surface area contributed by atoms with Crippen LogP contribution in [0.4, 0.5) is 14.5 Å². The third kappa shape index (κ3) is 3.61. The second-order valence-corrected chi connectivity index (χ2v) is 7.54. The smallest absolute Gasteiger partial charge is 0.300 e. The lowest BCUT2D eigenvalue weighted by Gasteiger charge is -2.26. The molecule has 1 heterocycles. The fraction of sp³-hybridized carbons (Fsp3) is 0.120. The molecule has 1 saturated heterocycles. The number of carbonyl (C=O) groups is 2. The number of nitrogens with zero attached hydrogens (tertiary/aromatic N) is 1. The molecular weight excluding hydrogens is 400 g/mol. The molecule has 0 aromatic heterocycles. The highest BCUT2D eigenvalue weighted by molar-refractivity contribution is 6.51. The van der Waals surface area contributed by atoms with Crippen LogP contribution < -0.4 is 4.90 Å². The number of rotatable bonds is 3. The Hall–Kier alpha value is -3.80. The Morgan fingerprint density at radius 3 is 2.26 bits per heavy atom. The topological polar surface area (TPSA) is 57.6 Å². The number of carbonyl (C=O) groups excluding carboxylic acids is 2. The summed E-state index contributed by atoms with van der Waals surface area (Å²) in [5, 5.41) is 11.0. The molecule has 1 atom stereocenters. The molecule has 1 fully saturated rings. The number of halogens is 2. The first-order valence-electron chi connectivity index (χ1n) is 9.67. The summed E-state index contributed by atoms with van der Waals surface area (Å²) in [6.45, 7) is 3.72. The molecule has 0 saturated carbocycles. The molecule has 1 aliphatic rings. The molecule has 0 radical (unpaired) electrons. The van der Waals surface area contributed by atoms with Gasteiger partial charge in [-0.1, -0.05) is 59.7 Å². The number of hydrogen-bond donors (Lipinski definition) is 1. The molecule has 0 spiro atoms. The summed E-state index contributed by atoms with van der Waals surface area (Å²) < 4.78 is 28.1. The average Bonchev–Trinajstić information content (AvgIpc) is 2.99. The molecule has 1 aliphatic heterocycles. The number of amides is 1. The van der Waals surface area contributed by atoms with Gasteiger partial charge >= 0.3 is 0 Å². The molecule has 0 aliphatic carbocycles. The Morgan fingerprint density at radius 1 is 0.903 bits per heavy atom. The van der Waals surface area contributed by atoms with E-state index in [9.17, 15) is 23.5 Å². The number of benzene rings is 3. The molecule has 156 valence electrons. The monoisotopic (exact) mass is 419 g/mol. The van der Waals surface area contributed by atoms with E-state index in [1.54, 1.807) is 42.5 Å². The third-order valence-electron chi connectivity index (χ3n) is 5.30. The van der Waals surface area contributed by atoms with Crippen LogP contribution >= 0.6 is 0 Å². The maximum Gasteiger partial charge on any atom is 0.300 e. The van der Waals surface area contributed by atoms with E-state index in [0.717, 1.165) is 28.2 Å². The van der Waals surface area contributed by atoms with Crippen molar-refractivity contribution in [3.63, 3.8) is 0 Å². The summed E-state index contributed by atoms with van der Waals surface area (Å²) in [6, 6.07) is 15.6. The molecular formula is C25H19F2NO3. The molecule has 3 aromatic carbocycles. The third-order valence-corrected chi connectivity index (χ3v) is 5.30. The maximum absolute atomic E-state index is 14.6. The number of hydrogen-bond acceptors (Lipinski definition) is 3. The van der Waals surface area contributed by atoms with E-state index in [1.165, 1.54) is 0 Å². The van der Waals surface area contributed by atoms with E-state index >= 15 is 0 Å². The van der Waals surface area contributed by atoms with Crippen LogP contribution in [0.1, 0.15) is 28.3 Å². The molecule has 6 heteroatoms. The Labute approximate surface area is 178 Å². The number of Topliss-reactive ketones (excluding diaryl/α,β-unsaturated/α-hetero) is 1. The van der Waals surface area contributed by atoms with Crippen LogP contribution in [-0.2, 0) is 9.59 Å². The fourth-order valence-electron chi connectivity index (χ4n) is 3.78. The number of ketones is 1. The van der Waals surface area contributed by atoms with Crippen LogP contribution in [0.5, 0.6) is 0 Å². The minimum atomic E-state index is -1.07. The predicted octanol–water partition coefficient (Wildman–Crippen LogP) is 5.21. The molecule has 1 N–H and O–H groups in total. The molecule has 0 bridgehead atoms. The Bertz CT molecular complexity index is 1230. The lowest BCUT2D eigenvalue weighted by atomic mass is 9.94. The molecule has 31 heavy (non-hydrogen) atoms. The first-order valence-corrected chi connectivity index (χ1v) is 9.67. The molecule has 3 aromatic rings. The second-order valence-electron chi connectivity index (χ2n) is 7.54. The first-order chi connectivity index (χ1) is 14.8. The van der Waals surface area contributed by atoms with Gasteiger partial charge in [-0.15, -0.1) is 0 Å². The van der Waals surface area contributed by atoms with E-state index in [-0.39, 0.29) is 17.0 Å². The molecule has 1 amide bonds. The largest absolute Gasteiger partial charge is 0.507 e. The van der Waals surface area contributed by atoms with Crippen molar-refractivity contribution in [1.82, 2.24) is 0 Å². The SMILES string of the molecule is Cc1ccc(/C(O)=C2\C(=O)C(=O)N(c3ccc(F)cc3F)C2c2cccc(C)c2)cc1. The summed E-state index contributed by atoms with van der Waals surface area (Å²) >= 11 is 0. The van der Waals surface area contributed by atoms with Gasteiger partial charge in [0.15, 0.2) is 0 Å². The number of anilines is 1. The number of aliphatic hydroxyl groups excluding tert-OH is 1. The second kappa shape index (κ2) is 7.80. The van der Waals surface area contributed by atoms with Gasteiger partial charge < -0.3 is 5.11 Å². The highest BCUT2D eigenvalue weighted by atomic mass is 19.1. The number of aliphatic hydroxyl groups is 1. The zero-order valence-electron chi connectivity index (χ0n) is 16.9. The summed E-state index contributed by atoms with van der Waals surface area (Å²) in [7, 11) is 0. The normalized spacial score (nSPS) is 17.9. The Balaban J connectivity index is 1.98. The van der Waals surface area contributed by atoms with Crippen molar-refractivity contribution in [3.05, 3.63) is 106 Å². The average molecular weight is 419 g/mol. The van der Waals surface area contributed by atoms with Crippen molar-refractivity contribution in [2.24, 2.45) is 0 Å². The van der Waals surface area contributed by atoms with Crippen LogP contribution in [0.15, 0.2) is 72.3 Å². The highest BCUT2D eigenvalue weighted by Gasteiger charge is 2.47. The van der Waals surface area contributed by atoms with Gasteiger partial charge in [-0.2, -0.15) is 0 Å². The van der Waals surface area contributed by atoms with Crippen molar-refractivity contribution >= 4 is 23.1 Å². The van der Waals surface area contributed by atoms with Gasteiger partial charge in [0.1, 0.15) is 17.4 Å². The Kier molecular flexibility index (Phi) is 5.15. The quantitative estimate of drug-likeness (QED) is 0.360. The van der Waals surface area contributed by atoms with Crippen molar-refractivity contribution in [1.29, 1.82) is 0 Å². The van der Waals surface area contributed by atoms with E-state index < -0.39 is 29.4 Å². The van der Waals surface area contributed by atoms with Gasteiger partial charge in [-0.05, 0) is 31.5 Å². The van der Waals surface area contributed by atoms with Gasteiger partial charge in [0.2, 0.25) is 0 Å². The van der Waals surface area contributed by atoms with Gasteiger partial charge in [0.25, 0.3) is 11.7 Å². The first kappa shape index (κ1) is 20.5. The van der Waals surface area contributed by atoms with E-state index in [2.05, 4.69) is 0 Å². The van der Waals surface area contributed by atoms with Crippen LogP contribution in [0.25, 0.3) is 5.76 Å². The van der Waals surface area contributed by atoms with Crippen molar-refractivity contribution in [2.75, 3.05) is 4.90 Å². The van der Waals surface area contributed by atoms with Gasteiger partial charge in [0.05, 0.1) is 17.3 Å². The standard InChI is InChI=1S/C25H19F2NO3/c1-14-6-8-16(9-7-14)23(29)21-22(17-5-3-4-15(2)12-17)28(25(31)24(21)30)20-11-10-18(26)13-19(20)27/h3-13,22,29H,1-2H3/b23-21+. The highest BCUT2D eigenvalue weighted by Crippen LogP contribution is 2.43. The minimum Gasteiger partial charge on any atom is -0.507 e. The van der Waals surface area contributed by atoms with E-state index in [0.29, 0.717) is 17.2 Å². The van der Waals surface area contributed by atoms with Crippen LogP contribution in [-0.4, -0.2) is 16.8 Å². The van der Waals surface area contributed by atoms with E-state index in [1.807, 2.05) is 19.9 Å². The van der Waals surface area contributed by atoms with Crippen molar-refractivity contribution < 1.29 is 23.5 Å². The van der Waals surface area contributed by atoms with Gasteiger partial charge in [-0.25, -0.2) is 8.78 Å². The maximum atomic E-state index is 14.6. The Morgan fingerprint density at radius 2 is 1.61 bits per heavy atom. The molecule has 4 nitrogen and oxygen atoms in total. The molecule has 1 unspecified atom stereocenters. The number of aryl methyl sites for hydroxylation is 2. The van der Waals surface area contributed by atoms with Crippen LogP contribution in [0.3, 0.4) is 0 Å². The van der Waals surface area contributed by atoms with Crippen molar-refractivity contribution in [2.45, 2.75) is 19.9 Å². The van der Waals surface area contributed by atoms with Crippen molar-refractivity contribution in [3.8, 4) is 0 Å². The van der Waals surface area contributed by atoms with Gasteiger partial charge in [-0.3, -0.25) is 14.5 Å². The zero-order chi connectivity index (χ0) is 22.3. The van der Waals surface area contributed by atoms with Gasteiger partial charge in [0, 0.05) is 11.6 Å². The summed E-state index contributed by atoms with van der Waals surface area (Å²) in [6.07, 6.45) is 0. The van der Waals surface area contributed by atoms with E-state index in [4.69, 9.17) is 0 Å². The predicted molar refractivity (Wildman–Crippen MR) is 113 cm³/mol. The minimum absolute atomic E-state index is 0.150. The van der Waals surface area contributed by atoms with Crippen LogP contribution in [0.2, 0.25) is 0 Å². The zero-order valence-corrected chi connectivity index (χ0v) is 16.9. The summed E-state index contributed by atoms with van der Waals surface area (Å²) in [5.74, 6) is -4.06. The summed E-state index contributed by atoms with van der Waals surface area (Å²) in [5.41, 5.74) is 2.32. The molecule has 4 rings (SSSR count). The fourth-order valence-corrected chi connectivity index (χ4v) is 3.78. The van der Waals surface area contributed by atoms with Crippen LogP contribution in [0, 0.1) is 25.5 Å². The lowest BCUT2D eigenvalue weighted by molar-refractivity contribution is -0.132.